The van der Waals surface area contributed by atoms with Gasteiger partial charge in [0, 0.05) is 16.0 Å². The number of amides is 2. The maximum Gasteiger partial charge on any atom is 0.315 e. The van der Waals surface area contributed by atoms with Crippen LogP contribution in [0.15, 0.2) is 53.0 Å². The number of benzene rings is 2. The molecule has 4 nitrogen and oxygen atoms in total. The first-order valence-electron chi connectivity index (χ1n) is 6.78. The topological polar surface area (TPSA) is 50.4 Å². The number of halogens is 2. The molecule has 22 heavy (non-hydrogen) atoms. The van der Waals surface area contributed by atoms with Gasteiger partial charge in [0.2, 0.25) is 0 Å². The van der Waals surface area contributed by atoms with Crippen molar-refractivity contribution in [3.05, 3.63) is 63.6 Å². The second-order valence-corrected chi connectivity index (χ2v) is 5.89. The van der Waals surface area contributed by atoms with E-state index < -0.39 is 0 Å². The van der Waals surface area contributed by atoms with Crippen molar-refractivity contribution >= 4 is 33.6 Å². The third kappa shape index (κ3) is 5.95. The van der Waals surface area contributed by atoms with Gasteiger partial charge in [-0.2, -0.15) is 0 Å². The molecule has 0 unspecified atom stereocenters. The van der Waals surface area contributed by atoms with Crippen molar-refractivity contribution < 1.29 is 9.53 Å². The summed E-state index contributed by atoms with van der Waals surface area (Å²) in [5.74, 6) is 0.762. The lowest BCUT2D eigenvalue weighted by Crippen LogP contribution is -2.37. The molecule has 0 aliphatic rings. The number of hydrogen-bond donors (Lipinski definition) is 2. The molecule has 0 aromatic heterocycles. The van der Waals surface area contributed by atoms with E-state index >= 15 is 0 Å². The maximum absolute atomic E-state index is 11.6. The van der Waals surface area contributed by atoms with Crippen LogP contribution in [0.3, 0.4) is 0 Å². The standard InChI is InChI=1S/C16H16BrClN2O2/c17-13-2-1-3-15(10-13)22-9-8-19-16(21)20-11-12-4-6-14(18)7-5-12/h1-7,10H,8-9,11H2,(H2,19,20,21). The highest BCUT2D eigenvalue weighted by molar-refractivity contribution is 9.10. The average molecular weight is 384 g/mol. The summed E-state index contributed by atoms with van der Waals surface area (Å²) in [4.78, 5) is 11.6. The molecule has 0 saturated carbocycles. The van der Waals surface area contributed by atoms with Gasteiger partial charge in [0.1, 0.15) is 12.4 Å². The fourth-order valence-corrected chi connectivity index (χ4v) is 2.24. The van der Waals surface area contributed by atoms with Crippen molar-refractivity contribution in [1.29, 1.82) is 0 Å². The molecule has 2 aromatic carbocycles. The monoisotopic (exact) mass is 382 g/mol. The molecule has 2 amide bonds. The van der Waals surface area contributed by atoms with Gasteiger partial charge >= 0.3 is 6.03 Å². The van der Waals surface area contributed by atoms with Crippen LogP contribution in [0.2, 0.25) is 5.02 Å². The number of ether oxygens (including phenoxy) is 1. The lowest BCUT2D eigenvalue weighted by Gasteiger charge is -2.09. The molecule has 2 N–H and O–H groups in total. The zero-order valence-electron chi connectivity index (χ0n) is 11.8. The zero-order chi connectivity index (χ0) is 15.8. The minimum absolute atomic E-state index is 0.229. The van der Waals surface area contributed by atoms with Gasteiger partial charge in [-0.05, 0) is 35.9 Å². The van der Waals surface area contributed by atoms with Crippen LogP contribution < -0.4 is 15.4 Å². The van der Waals surface area contributed by atoms with Crippen LogP contribution in [0.25, 0.3) is 0 Å². The summed E-state index contributed by atoms with van der Waals surface area (Å²) in [6, 6.07) is 14.7. The molecular weight excluding hydrogens is 368 g/mol. The Kier molecular flexibility index (Phi) is 6.55. The van der Waals surface area contributed by atoms with Crippen LogP contribution in [0.4, 0.5) is 4.79 Å². The van der Waals surface area contributed by atoms with Crippen LogP contribution in [-0.2, 0) is 6.54 Å². The van der Waals surface area contributed by atoms with Crippen LogP contribution in [0.5, 0.6) is 5.75 Å². The molecule has 6 heteroatoms. The predicted octanol–water partition coefficient (Wildman–Crippen LogP) is 3.98. The Hall–Kier alpha value is -1.72. The summed E-state index contributed by atoms with van der Waals surface area (Å²) >= 11 is 9.18. The number of nitrogens with one attached hydrogen (secondary N) is 2. The van der Waals surface area contributed by atoms with Crippen molar-refractivity contribution in [2.45, 2.75) is 6.54 Å². The van der Waals surface area contributed by atoms with Gasteiger partial charge < -0.3 is 15.4 Å². The fraction of sp³-hybridized carbons (Fsp3) is 0.188. The Labute approximate surface area is 142 Å². The Bertz CT molecular complexity index is 620. The molecule has 0 radical (unpaired) electrons. The van der Waals surface area contributed by atoms with Gasteiger partial charge in [-0.3, -0.25) is 0 Å². The van der Waals surface area contributed by atoms with Crippen molar-refractivity contribution in [3.8, 4) is 5.75 Å². The molecule has 116 valence electrons. The third-order valence-corrected chi connectivity index (χ3v) is 3.56. The lowest BCUT2D eigenvalue weighted by molar-refractivity contribution is 0.236. The first-order chi connectivity index (χ1) is 10.6. The van der Waals surface area contributed by atoms with Crippen molar-refractivity contribution in [1.82, 2.24) is 10.6 Å². The highest BCUT2D eigenvalue weighted by atomic mass is 79.9. The summed E-state index contributed by atoms with van der Waals surface area (Å²) in [6.45, 7) is 1.29. The highest BCUT2D eigenvalue weighted by Gasteiger charge is 2.00. The van der Waals surface area contributed by atoms with E-state index in [0.29, 0.717) is 24.7 Å². The minimum Gasteiger partial charge on any atom is -0.492 e. The summed E-state index contributed by atoms with van der Waals surface area (Å²) in [7, 11) is 0. The van der Waals surface area contributed by atoms with Crippen LogP contribution in [-0.4, -0.2) is 19.2 Å². The fourth-order valence-electron chi connectivity index (χ4n) is 1.74. The molecule has 0 atom stereocenters. The number of carbonyl (C=O) groups excluding carboxylic acids is 1. The van der Waals surface area contributed by atoms with Gasteiger partial charge in [0.05, 0.1) is 6.54 Å². The highest BCUT2D eigenvalue weighted by Crippen LogP contribution is 2.17. The van der Waals surface area contributed by atoms with E-state index in [0.717, 1.165) is 15.8 Å². The second-order valence-electron chi connectivity index (χ2n) is 4.54. The molecular formula is C16H16BrClN2O2. The summed E-state index contributed by atoms with van der Waals surface area (Å²) in [6.07, 6.45) is 0. The van der Waals surface area contributed by atoms with Gasteiger partial charge in [0.15, 0.2) is 0 Å². The molecule has 2 aromatic rings. The molecule has 0 bridgehead atoms. The first kappa shape index (κ1) is 16.6. The van der Waals surface area contributed by atoms with Gasteiger partial charge in [-0.15, -0.1) is 0 Å². The van der Waals surface area contributed by atoms with Crippen molar-refractivity contribution in [2.75, 3.05) is 13.2 Å². The predicted molar refractivity (Wildman–Crippen MR) is 91.3 cm³/mol. The van der Waals surface area contributed by atoms with Gasteiger partial charge in [-0.25, -0.2) is 4.79 Å². The van der Waals surface area contributed by atoms with Gasteiger partial charge in [0.25, 0.3) is 0 Å². The number of hydrogen-bond acceptors (Lipinski definition) is 2. The summed E-state index contributed by atoms with van der Waals surface area (Å²) in [5.41, 5.74) is 0.991. The van der Waals surface area contributed by atoms with E-state index in [1.54, 1.807) is 12.1 Å². The molecule has 0 aliphatic carbocycles. The quantitative estimate of drug-likeness (QED) is 0.741. The lowest BCUT2D eigenvalue weighted by atomic mass is 10.2. The van der Waals surface area contributed by atoms with E-state index in [4.69, 9.17) is 16.3 Å². The molecule has 0 saturated heterocycles. The molecule has 0 aliphatic heterocycles. The normalized spacial score (nSPS) is 10.1. The summed E-state index contributed by atoms with van der Waals surface area (Å²) < 4.78 is 6.48. The van der Waals surface area contributed by atoms with E-state index in [2.05, 4.69) is 26.6 Å². The Morgan fingerprint density at radius 1 is 1.14 bits per heavy atom. The average Bonchev–Trinajstić information content (AvgIpc) is 2.51. The zero-order valence-corrected chi connectivity index (χ0v) is 14.2. The Balaban J connectivity index is 1.62. The first-order valence-corrected chi connectivity index (χ1v) is 7.95. The van der Waals surface area contributed by atoms with Crippen LogP contribution in [0, 0.1) is 0 Å². The smallest absolute Gasteiger partial charge is 0.315 e. The third-order valence-electron chi connectivity index (χ3n) is 2.82. The molecule has 0 fully saturated rings. The largest absolute Gasteiger partial charge is 0.492 e. The number of urea groups is 1. The van der Waals surface area contributed by atoms with E-state index in [9.17, 15) is 4.79 Å². The van der Waals surface area contributed by atoms with Crippen LogP contribution in [0.1, 0.15) is 5.56 Å². The Morgan fingerprint density at radius 3 is 2.64 bits per heavy atom. The minimum atomic E-state index is -0.229. The van der Waals surface area contributed by atoms with E-state index in [1.807, 2.05) is 36.4 Å². The summed E-state index contributed by atoms with van der Waals surface area (Å²) in [5, 5.41) is 6.18. The van der Waals surface area contributed by atoms with Crippen molar-refractivity contribution in [2.24, 2.45) is 0 Å². The van der Waals surface area contributed by atoms with Gasteiger partial charge in [-0.1, -0.05) is 45.7 Å². The van der Waals surface area contributed by atoms with E-state index in [-0.39, 0.29) is 6.03 Å². The SMILES string of the molecule is O=C(NCCOc1cccc(Br)c1)NCc1ccc(Cl)cc1. The maximum atomic E-state index is 11.6. The molecule has 0 spiro atoms. The van der Waals surface area contributed by atoms with Crippen LogP contribution >= 0.6 is 27.5 Å². The van der Waals surface area contributed by atoms with Crippen molar-refractivity contribution in [3.63, 3.8) is 0 Å². The second kappa shape index (κ2) is 8.66. The number of rotatable bonds is 6. The Morgan fingerprint density at radius 2 is 1.91 bits per heavy atom. The molecule has 2 rings (SSSR count). The molecule has 0 heterocycles. The number of carbonyl (C=O) groups is 1. The van der Waals surface area contributed by atoms with E-state index in [1.165, 1.54) is 0 Å².